The van der Waals surface area contributed by atoms with Crippen molar-refractivity contribution in [3.63, 3.8) is 0 Å². The fraction of sp³-hybridized carbons (Fsp3) is 0.423. The van der Waals surface area contributed by atoms with E-state index in [2.05, 4.69) is 18.7 Å². The first-order valence-electron chi connectivity index (χ1n) is 11.7. The minimum Gasteiger partial charge on any atom is -0.496 e. The fourth-order valence-electron chi connectivity index (χ4n) is 4.27. The van der Waals surface area contributed by atoms with E-state index in [0.29, 0.717) is 55.2 Å². The molecule has 0 atom stereocenters. The molecule has 34 heavy (non-hydrogen) atoms. The molecular formula is C26H33N3O4S. The standard InChI is InChI=1S/C26H33N3O4S/c1-19(2)17-21-9-11-22(12-10-21)34(30,31)29-15-13-28(14-16-29)18-24-20(3)33-26(27-24)23-7-5-6-8-25(23)32-4/h5-12,19H,13-18H2,1-4H3. The number of rotatable bonds is 8. The number of sulfonamides is 1. The zero-order valence-corrected chi connectivity index (χ0v) is 21.1. The summed E-state index contributed by atoms with van der Waals surface area (Å²) in [6, 6.07) is 15.0. The Kier molecular flexibility index (Phi) is 7.40. The maximum absolute atomic E-state index is 13.1. The maximum Gasteiger partial charge on any atom is 0.243 e. The zero-order valence-electron chi connectivity index (χ0n) is 20.3. The lowest BCUT2D eigenvalue weighted by molar-refractivity contribution is 0.179. The second kappa shape index (κ2) is 10.3. The number of piperazine rings is 1. The predicted molar refractivity (Wildman–Crippen MR) is 132 cm³/mol. The third-order valence-electron chi connectivity index (χ3n) is 6.14. The summed E-state index contributed by atoms with van der Waals surface area (Å²) in [4.78, 5) is 7.29. The van der Waals surface area contributed by atoms with E-state index >= 15 is 0 Å². The number of aromatic nitrogens is 1. The first kappa shape index (κ1) is 24.4. The van der Waals surface area contributed by atoms with Gasteiger partial charge in [0.05, 0.1) is 23.3 Å². The van der Waals surface area contributed by atoms with E-state index in [1.807, 2.05) is 43.3 Å². The molecule has 0 amide bonds. The summed E-state index contributed by atoms with van der Waals surface area (Å²) in [6.45, 7) is 9.02. The number of aryl methyl sites for hydroxylation is 1. The van der Waals surface area contributed by atoms with Crippen molar-refractivity contribution in [1.29, 1.82) is 0 Å². The molecular weight excluding hydrogens is 450 g/mol. The summed E-state index contributed by atoms with van der Waals surface area (Å²) in [6.07, 6.45) is 0.944. The van der Waals surface area contributed by atoms with Crippen LogP contribution in [0.4, 0.5) is 0 Å². The SMILES string of the molecule is COc1ccccc1-c1nc(CN2CCN(S(=O)(=O)c3ccc(CC(C)C)cc3)CC2)c(C)o1. The Labute approximate surface area is 202 Å². The maximum atomic E-state index is 13.1. The van der Waals surface area contributed by atoms with Gasteiger partial charge in [-0.25, -0.2) is 13.4 Å². The molecule has 1 aromatic heterocycles. The van der Waals surface area contributed by atoms with E-state index in [1.54, 1.807) is 23.5 Å². The Morgan fingerprint density at radius 3 is 2.35 bits per heavy atom. The molecule has 7 nitrogen and oxygen atoms in total. The second-order valence-electron chi connectivity index (χ2n) is 9.14. The van der Waals surface area contributed by atoms with Crippen LogP contribution in [-0.2, 0) is 23.0 Å². The average Bonchev–Trinajstić information content (AvgIpc) is 3.19. The normalized spacial score (nSPS) is 15.7. The first-order valence-corrected chi connectivity index (χ1v) is 13.1. The number of hydrogen-bond donors (Lipinski definition) is 0. The Morgan fingerprint density at radius 2 is 1.71 bits per heavy atom. The summed E-state index contributed by atoms with van der Waals surface area (Å²) >= 11 is 0. The van der Waals surface area contributed by atoms with E-state index in [9.17, 15) is 8.42 Å². The molecule has 1 fully saturated rings. The molecule has 0 saturated carbocycles. The number of methoxy groups -OCH3 is 1. The van der Waals surface area contributed by atoms with Crippen LogP contribution < -0.4 is 4.74 Å². The van der Waals surface area contributed by atoms with Gasteiger partial charge in [-0.2, -0.15) is 4.31 Å². The summed E-state index contributed by atoms with van der Waals surface area (Å²) in [5.74, 6) is 2.55. The molecule has 0 bridgehead atoms. The van der Waals surface area contributed by atoms with Crippen LogP contribution in [0.15, 0.2) is 57.8 Å². The predicted octanol–water partition coefficient (Wildman–Crippen LogP) is 4.36. The molecule has 2 heterocycles. The van der Waals surface area contributed by atoms with Crippen LogP contribution in [0.3, 0.4) is 0 Å². The monoisotopic (exact) mass is 483 g/mol. The van der Waals surface area contributed by atoms with Gasteiger partial charge in [0.1, 0.15) is 11.5 Å². The number of ether oxygens (including phenoxy) is 1. The van der Waals surface area contributed by atoms with Crippen LogP contribution in [0.2, 0.25) is 0 Å². The van der Waals surface area contributed by atoms with E-state index in [-0.39, 0.29) is 0 Å². The van der Waals surface area contributed by atoms with Crippen molar-refractivity contribution in [1.82, 2.24) is 14.2 Å². The molecule has 0 unspecified atom stereocenters. The fourth-order valence-corrected chi connectivity index (χ4v) is 5.69. The van der Waals surface area contributed by atoms with Crippen LogP contribution in [0.25, 0.3) is 11.5 Å². The van der Waals surface area contributed by atoms with Crippen molar-refractivity contribution in [2.45, 2.75) is 38.6 Å². The Balaban J connectivity index is 1.39. The van der Waals surface area contributed by atoms with Gasteiger partial charge in [0.25, 0.3) is 0 Å². The van der Waals surface area contributed by atoms with Gasteiger partial charge in [0.2, 0.25) is 15.9 Å². The molecule has 0 aliphatic carbocycles. The lowest BCUT2D eigenvalue weighted by Crippen LogP contribution is -2.48. The molecule has 0 radical (unpaired) electrons. The van der Waals surface area contributed by atoms with E-state index in [1.165, 1.54) is 0 Å². The van der Waals surface area contributed by atoms with E-state index in [4.69, 9.17) is 14.1 Å². The average molecular weight is 484 g/mol. The molecule has 182 valence electrons. The number of nitrogens with zero attached hydrogens (tertiary/aromatic N) is 3. The zero-order chi connectivity index (χ0) is 24.3. The van der Waals surface area contributed by atoms with Crippen LogP contribution in [0.1, 0.15) is 30.9 Å². The number of oxazole rings is 1. The molecule has 0 spiro atoms. The van der Waals surface area contributed by atoms with Gasteiger partial charge >= 0.3 is 0 Å². The molecule has 4 rings (SSSR count). The van der Waals surface area contributed by atoms with Gasteiger partial charge in [-0.15, -0.1) is 0 Å². The number of hydrogen-bond acceptors (Lipinski definition) is 6. The highest BCUT2D eigenvalue weighted by Crippen LogP contribution is 2.30. The molecule has 1 saturated heterocycles. The smallest absolute Gasteiger partial charge is 0.243 e. The van der Waals surface area contributed by atoms with Gasteiger partial charge in [-0.05, 0) is 49.1 Å². The minimum absolute atomic E-state index is 0.363. The Bertz CT molecular complexity index is 1210. The highest BCUT2D eigenvalue weighted by Gasteiger charge is 2.29. The van der Waals surface area contributed by atoms with Crippen molar-refractivity contribution in [3.8, 4) is 17.2 Å². The molecule has 3 aromatic rings. The second-order valence-corrected chi connectivity index (χ2v) is 11.1. The summed E-state index contributed by atoms with van der Waals surface area (Å²) in [5, 5.41) is 0. The first-order chi connectivity index (χ1) is 16.3. The van der Waals surface area contributed by atoms with Crippen LogP contribution >= 0.6 is 0 Å². The molecule has 1 aliphatic heterocycles. The van der Waals surface area contributed by atoms with Gasteiger partial charge in [0, 0.05) is 32.7 Å². The molecule has 2 aromatic carbocycles. The molecule has 8 heteroatoms. The number of para-hydroxylation sites is 1. The van der Waals surface area contributed by atoms with Crippen LogP contribution in [0.5, 0.6) is 5.75 Å². The van der Waals surface area contributed by atoms with E-state index in [0.717, 1.165) is 29.0 Å². The summed E-state index contributed by atoms with van der Waals surface area (Å²) in [5.41, 5.74) is 2.84. The highest BCUT2D eigenvalue weighted by atomic mass is 32.2. The summed E-state index contributed by atoms with van der Waals surface area (Å²) < 4.78 is 39.2. The molecule has 0 N–H and O–H groups in total. The highest BCUT2D eigenvalue weighted by molar-refractivity contribution is 7.89. The Hall–Kier alpha value is -2.68. The number of benzene rings is 2. The van der Waals surface area contributed by atoms with Gasteiger partial charge in [-0.3, -0.25) is 4.90 Å². The largest absolute Gasteiger partial charge is 0.496 e. The van der Waals surface area contributed by atoms with Gasteiger partial charge < -0.3 is 9.15 Å². The topological polar surface area (TPSA) is 75.9 Å². The van der Waals surface area contributed by atoms with Crippen molar-refractivity contribution in [2.24, 2.45) is 5.92 Å². The van der Waals surface area contributed by atoms with Crippen LogP contribution in [-0.4, -0.2) is 55.9 Å². The van der Waals surface area contributed by atoms with Crippen molar-refractivity contribution >= 4 is 10.0 Å². The lowest BCUT2D eigenvalue weighted by atomic mass is 10.0. The quantitative estimate of drug-likeness (QED) is 0.474. The third-order valence-corrected chi connectivity index (χ3v) is 8.05. The molecule has 1 aliphatic rings. The van der Waals surface area contributed by atoms with Crippen molar-refractivity contribution < 1.29 is 17.6 Å². The lowest BCUT2D eigenvalue weighted by Gasteiger charge is -2.33. The van der Waals surface area contributed by atoms with E-state index < -0.39 is 10.0 Å². The Morgan fingerprint density at radius 1 is 1.03 bits per heavy atom. The van der Waals surface area contributed by atoms with Gasteiger partial charge in [0.15, 0.2) is 0 Å². The van der Waals surface area contributed by atoms with Crippen LogP contribution in [0, 0.1) is 12.8 Å². The summed E-state index contributed by atoms with van der Waals surface area (Å²) in [7, 11) is -1.86. The van der Waals surface area contributed by atoms with Crippen molar-refractivity contribution in [2.75, 3.05) is 33.3 Å². The van der Waals surface area contributed by atoms with Crippen molar-refractivity contribution in [3.05, 3.63) is 65.5 Å². The minimum atomic E-state index is -3.49. The van der Waals surface area contributed by atoms with Gasteiger partial charge in [-0.1, -0.05) is 38.1 Å². The third kappa shape index (κ3) is 5.35.